The van der Waals surface area contributed by atoms with Crippen molar-refractivity contribution in [1.82, 2.24) is 35.0 Å². The van der Waals surface area contributed by atoms with Crippen molar-refractivity contribution in [1.29, 1.82) is 0 Å². The number of sulfonamides is 1. The Kier molecular flexibility index (Phi) is 7.58. The van der Waals surface area contributed by atoms with Crippen molar-refractivity contribution in [3.8, 4) is 45.6 Å². The van der Waals surface area contributed by atoms with Gasteiger partial charge in [0.2, 0.25) is 0 Å². The van der Waals surface area contributed by atoms with Crippen LogP contribution in [0.3, 0.4) is 0 Å². The third-order valence-corrected chi connectivity index (χ3v) is 8.27. The van der Waals surface area contributed by atoms with Crippen molar-refractivity contribution in [3.63, 3.8) is 0 Å². The molecule has 3 heterocycles. The van der Waals surface area contributed by atoms with Crippen LogP contribution in [-0.4, -0.2) is 75.8 Å². The number of nitrogens with zero attached hydrogens (tertiary/aromatic N) is 7. The zero-order valence-corrected chi connectivity index (χ0v) is 24.9. The van der Waals surface area contributed by atoms with Crippen LogP contribution in [0.2, 0.25) is 0 Å². The van der Waals surface area contributed by atoms with Crippen LogP contribution in [0, 0.1) is 6.92 Å². The molecular weight excluding hydrogens is 632 g/mol. The molecule has 47 heavy (non-hydrogen) atoms. The summed E-state index contributed by atoms with van der Waals surface area (Å²) in [5.74, 6) is -3.56. The van der Waals surface area contributed by atoms with Gasteiger partial charge in [-0.25, -0.2) is 32.4 Å². The Morgan fingerprint density at radius 1 is 0.681 bits per heavy atom. The van der Waals surface area contributed by atoms with E-state index in [2.05, 4.69) is 30.3 Å². The monoisotopic (exact) mass is 654 g/mol. The van der Waals surface area contributed by atoms with Crippen molar-refractivity contribution in [2.24, 2.45) is 0 Å². The Hall–Kier alpha value is -6.62. The molecule has 0 spiro atoms. The number of carboxylic acids is 2. The summed E-state index contributed by atoms with van der Waals surface area (Å²) < 4.78 is 31.6. The summed E-state index contributed by atoms with van der Waals surface area (Å²) in [6, 6.07) is 16.8. The third kappa shape index (κ3) is 6.18. The highest BCUT2D eigenvalue weighted by atomic mass is 32.2. The molecule has 0 bridgehead atoms. The highest BCUT2D eigenvalue weighted by molar-refractivity contribution is 7.92. The fraction of sp³-hybridized carbons (Fsp3) is 0.0333. The van der Waals surface area contributed by atoms with Gasteiger partial charge in [-0.3, -0.25) is 4.72 Å². The van der Waals surface area contributed by atoms with Crippen LogP contribution in [0.5, 0.6) is 11.5 Å². The van der Waals surface area contributed by atoms with Crippen LogP contribution in [0.25, 0.3) is 34.2 Å². The number of aromatic nitrogens is 7. The van der Waals surface area contributed by atoms with Gasteiger partial charge in [-0.1, -0.05) is 28.1 Å². The maximum absolute atomic E-state index is 13.3. The standard InChI is InChI=1S/C30H22N8O8S/c1-16-2-6-20(7-3-16)47(45,46)34-17-10-23(25-14-37(35-32-25)18-4-8-21(29(41)42)27(39)12-18)31-24(11-17)26-15-38(36-33-26)19-5-9-22(30(43)44)28(40)13-19/h2-15,39-40H,1H3,(H,31,34)(H,41,42)(H,43,44). The van der Waals surface area contributed by atoms with Crippen LogP contribution in [0.4, 0.5) is 5.69 Å². The van der Waals surface area contributed by atoms with E-state index < -0.39 is 33.5 Å². The second kappa shape index (κ2) is 11.7. The molecule has 0 saturated heterocycles. The van der Waals surface area contributed by atoms with Gasteiger partial charge in [0.1, 0.15) is 34.0 Å². The van der Waals surface area contributed by atoms with E-state index in [-0.39, 0.29) is 44.5 Å². The number of pyridine rings is 1. The molecule has 0 aliphatic rings. The normalized spacial score (nSPS) is 11.3. The largest absolute Gasteiger partial charge is 0.507 e. The van der Waals surface area contributed by atoms with Crippen LogP contribution < -0.4 is 4.72 Å². The fourth-order valence-electron chi connectivity index (χ4n) is 4.48. The first kappa shape index (κ1) is 30.4. The van der Waals surface area contributed by atoms with Gasteiger partial charge in [0.05, 0.1) is 45.7 Å². The molecular formula is C30H22N8O8S. The fourth-order valence-corrected chi connectivity index (χ4v) is 5.53. The molecule has 3 aromatic heterocycles. The lowest BCUT2D eigenvalue weighted by molar-refractivity contribution is 0.0682. The molecule has 16 nitrogen and oxygen atoms in total. The number of aromatic carboxylic acids is 2. The summed E-state index contributed by atoms with van der Waals surface area (Å²) in [4.78, 5) is 27.2. The summed E-state index contributed by atoms with van der Waals surface area (Å²) >= 11 is 0. The lowest BCUT2D eigenvalue weighted by atomic mass is 10.2. The molecule has 17 heteroatoms. The van der Waals surface area contributed by atoms with Crippen LogP contribution in [0.1, 0.15) is 26.3 Å². The predicted octanol–water partition coefficient (Wildman–Crippen LogP) is 3.49. The highest BCUT2D eigenvalue weighted by Crippen LogP contribution is 2.29. The summed E-state index contributed by atoms with van der Waals surface area (Å²) in [5, 5.41) is 55.0. The Bertz CT molecular complexity index is 2180. The summed E-state index contributed by atoms with van der Waals surface area (Å²) in [7, 11) is -4.05. The lowest BCUT2D eigenvalue weighted by Gasteiger charge is -2.11. The number of hydrogen-bond donors (Lipinski definition) is 5. The predicted molar refractivity (Wildman–Crippen MR) is 164 cm³/mol. The third-order valence-electron chi connectivity index (χ3n) is 6.87. The number of rotatable bonds is 9. The maximum atomic E-state index is 13.3. The molecule has 0 unspecified atom stereocenters. The number of carboxylic acid groups (broad SMARTS) is 2. The van der Waals surface area contributed by atoms with Crippen LogP contribution in [-0.2, 0) is 10.0 Å². The molecule has 6 aromatic rings. The van der Waals surface area contributed by atoms with Gasteiger partial charge < -0.3 is 20.4 Å². The zero-order valence-electron chi connectivity index (χ0n) is 24.0. The Balaban J connectivity index is 1.41. The number of phenols is 2. The average Bonchev–Trinajstić information content (AvgIpc) is 3.72. The van der Waals surface area contributed by atoms with E-state index in [9.17, 15) is 38.4 Å². The number of aryl methyl sites for hydroxylation is 1. The Morgan fingerprint density at radius 3 is 1.57 bits per heavy atom. The topological polar surface area (TPSA) is 236 Å². The Labute approximate surface area is 264 Å². The van der Waals surface area contributed by atoms with E-state index in [0.29, 0.717) is 11.4 Å². The molecule has 0 atom stereocenters. The van der Waals surface area contributed by atoms with E-state index in [1.807, 2.05) is 6.92 Å². The zero-order chi connectivity index (χ0) is 33.5. The van der Waals surface area contributed by atoms with Gasteiger partial charge in [0.15, 0.2) is 0 Å². The van der Waals surface area contributed by atoms with Gasteiger partial charge in [-0.05, 0) is 55.5 Å². The number of nitrogens with one attached hydrogen (secondary N) is 1. The van der Waals surface area contributed by atoms with Crippen molar-refractivity contribution in [2.75, 3.05) is 4.72 Å². The molecule has 0 aliphatic carbocycles. The van der Waals surface area contributed by atoms with Gasteiger partial charge in [-0.2, -0.15) is 0 Å². The van der Waals surface area contributed by atoms with Crippen molar-refractivity contribution in [3.05, 3.63) is 102 Å². The molecule has 6 rings (SSSR count). The number of carbonyl (C=O) groups is 2. The minimum atomic E-state index is -4.05. The lowest BCUT2D eigenvalue weighted by Crippen LogP contribution is -2.13. The molecule has 3 aromatic carbocycles. The van der Waals surface area contributed by atoms with Crippen LogP contribution >= 0.6 is 0 Å². The summed E-state index contributed by atoms with van der Waals surface area (Å²) in [6.07, 6.45) is 2.90. The van der Waals surface area contributed by atoms with E-state index in [0.717, 1.165) is 5.56 Å². The first-order valence-corrected chi connectivity index (χ1v) is 15.0. The minimum Gasteiger partial charge on any atom is -0.507 e. The van der Waals surface area contributed by atoms with Gasteiger partial charge in [0.25, 0.3) is 10.0 Å². The van der Waals surface area contributed by atoms with E-state index in [1.54, 1.807) is 12.1 Å². The molecule has 0 fully saturated rings. The summed E-state index contributed by atoms with van der Waals surface area (Å²) in [6.45, 7) is 1.83. The molecule has 0 aliphatic heterocycles. The average molecular weight is 655 g/mol. The Morgan fingerprint density at radius 2 is 1.15 bits per heavy atom. The molecule has 5 N–H and O–H groups in total. The smallest absolute Gasteiger partial charge is 0.339 e. The van der Waals surface area contributed by atoms with E-state index in [1.165, 1.54) is 82.4 Å². The first-order valence-electron chi connectivity index (χ1n) is 13.5. The van der Waals surface area contributed by atoms with Crippen molar-refractivity contribution in [2.45, 2.75) is 11.8 Å². The van der Waals surface area contributed by atoms with Gasteiger partial charge in [-0.15, -0.1) is 10.2 Å². The molecule has 0 saturated carbocycles. The van der Waals surface area contributed by atoms with Crippen molar-refractivity contribution >= 4 is 27.6 Å². The first-order chi connectivity index (χ1) is 22.4. The van der Waals surface area contributed by atoms with Crippen LogP contribution in [0.15, 0.2) is 90.1 Å². The second-order valence-electron chi connectivity index (χ2n) is 10.2. The number of aromatic hydroxyl groups is 2. The SMILES string of the molecule is Cc1ccc(S(=O)(=O)Nc2cc(-c3cn(-c4ccc(C(=O)O)c(O)c4)nn3)nc(-c3cn(-c4ccc(C(=O)O)c(O)c4)nn3)c2)cc1. The second-order valence-corrected chi connectivity index (χ2v) is 11.8. The maximum Gasteiger partial charge on any atom is 0.339 e. The number of hydrogen-bond acceptors (Lipinski definition) is 11. The minimum absolute atomic E-state index is 0.0223. The number of anilines is 1. The summed E-state index contributed by atoms with van der Waals surface area (Å²) in [5.41, 5.74) is 1.68. The number of benzene rings is 3. The van der Waals surface area contributed by atoms with E-state index >= 15 is 0 Å². The van der Waals surface area contributed by atoms with E-state index in [4.69, 9.17) is 0 Å². The molecule has 0 radical (unpaired) electrons. The molecule has 0 amide bonds. The quantitative estimate of drug-likeness (QED) is 0.150. The molecule has 236 valence electrons. The van der Waals surface area contributed by atoms with Gasteiger partial charge in [0, 0.05) is 12.1 Å². The van der Waals surface area contributed by atoms with Gasteiger partial charge >= 0.3 is 11.9 Å². The van der Waals surface area contributed by atoms with Crippen molar-refractivity contribution < 1.29 is 38.4 Å². The highest BCUT2D eigenvalue weighted by Gasteiger charge is 2.20.